The zero-order valence-electron chi connectivity index (χ0n) is 16.2. The molecule has 3 heterocycles. The summed E-state index contributed by atoms with van der Waals surface area (Å²) in [6.45, 7) is 3.84. The Bertz CT molecular complexity index is 885. The number of piperidine rings is 1. The quantitative estimate of drug-likeness (QED) is 0.685. The number of carbonyl (C=O) groups is 1. The highest BCUT2D eigenvalue weighted by molar-refractivity contribution is 7.21. The first-order valence-electron chi connectivity index (χ1n) is 10.00. The van der Waals surface area contributed by atoms with Gasteiger partial charge in [0.05, 0.1) is 0 Å². The summed E-state index contributed by atoms with van der Waals surface area (Å²) in [7, 11) is 0. The van der Waals surface area contributed by atoms with Gasteiger partial charge in [-0.3, -0.25) is 4.79 Å². The van der Waals surface area contributed by atoms with Crippen LogP contribution in [0.2, 0.25) is 0 Å². The number of anilines is 1. The summed E-state index contributed by atoms with van der Waals surface area (Å²) in [4.78, 5) is 25.0. The molecule has 6 heteroatoms. The van der Waals surface area contributed by atoms with Crippen LogP contribution in [0.25, 0.3) is 10.3 Å². The average Bonchev–Trinajstić information content (AvgIpc) is 3.17. The first-order valence-corrected chi connectivity index (χ1v) is 10.8. The van der Waals surface area contributed by atoms with E-state index < -0.39 is 0 Å². The van der Waals surface area contributed by atoms with E-state index in [1.165, 1.54) is 5.56 Å². The number of fused-ring (bicyclic) bond motifs is 1. The molecule has 1 amide bonds. The Kier molecular flexibility index (Phi) is 5.86. The monoisotopic (exact) mass is 394 g/mol. The molecular formula is C22H26N4OS. The number of nitrogens with zero attached hydrogens (tertiary/aromatic N) is 3. The summed E-state index contributed by atoms with van der Waals surface area (Å²) < 4.78 is 0. The van der Waals surface area contributed by atoms with E-state index in [1.807, 2.05) is 18.2 Å². The van der Waals surface area contributed by atoms with E-state index >= 15 is 0 Å². The maximum atomic E-state index is 12.7. The molecule has 1 atom stereocenters. The number of hydrogen-bond acceptors (Lipinski definition) is 5. The van der Waals surface area contributed by atoms with Crippen LogP contribution in [0.15, 0.2) is 48.7 Å². The second-order valence-electron chi connectivity index (χ2n) is 7.52. The van der Waals surface area contributed by atoms with E-state index in [4.69, 9.17) is 0 Å². The number of pyridine rings is 1. The first-order chi connectivity index (χ1) is 13.7. The molecule has 0 spiro atoms. The molecule has 1 saturated heterocycles. The molecule has 1 aliphatic rings. The molecular weight excluding hydrogens is 368 g/mol. The van der Waals surface area contributed by atoms with Gasteiger partial charge >= 0.3 is 0 Å². The van der Waals surface area contributed by atoms with Crippen molar-refractivity contribution in [3.05, 3.63) is 54.2 Å². The highest BCUT2D eigenvalue weighted by Crippen LogP contribution is 2.30. The molecule has 1 aliphatic heterocycles. The van der Waals surface area contributed by atoms with Gasteiger partial charge in [0.1, 0.15) is 10.3 Å². The minimum atomic E-state index is 0.0999. The van der Waals surface area contributed by atoms with Crippen molar-refractivity contribution >= 4 is 32.7 Å². The Labute approximate surface area is 169 Å². The molecule has 2 aromatic heterocycles. The Morgan fingerprint density at radius 1 is 1.21 bits per heavy atom. The second-order valence-corrected chi connectivity index (χ2v) is 8.48. The van der Waals surface area contributed by atoms with Crippen molar-refractivity contribution < 1.29 is 4.79 Å². The van der Waals surface area contributed by atoms with E-state index in [0.717, 1.165) is 54.3 Å². The maximum Gasteiger partial charge on any atom is 0.223 e. The van der Waals surface area contributed by atoms with Gasteiger partial charge in [-0.2, -0.15) is 0 Å². The molecule has 0 saturated carbocycles. The smallest absolute Gasteiger partial charge is 0.223 e. The van der Waals surface area contributed by atoms with Crippen molar-refractivity contribution in [1.29, 1.82) is 0 Å². The van der Waals surface area contributed by atoms with Gasteiger partial charge in [0, 0.05) is 31.2 Å². The molecule has 0 aliphatic carbocycles. The molecule has 0 bridgehead atoms. The van der Waals surface area contributed by atoms with Crippen LogP contribution in [0.1, 0.15) is 31.7 Å². The van der Waals surface area contributed by atoms with Crippen molar-refractivity contribution in [1.82, 2.24) is 15.3 Å². The Hall–Kier alpha value is -2.47. The summed E-state index contributed by atoms with van der Waals surface area (Å²) >= 11 is 1.63. The number of thiazole rings is 1. The van der Waals surface area contributed by atoms with Gasteiger partial charge in [0.15, 0.2) is 5.13 Å². The summed E-state index contributed by atoms with van der Waals surface area (Å²) in [5.74, 6) is 0.300. The molecule has 3 aromatic rings. The van der Waals surface area contributed by atoms with Crippen LogP contribution in [0.3, 0.4) is 0 Å². The van der Waals surface area contributed by atoms with Crippen LogP contribution in [-0.2, 0) is 11.2 Å². The maximum absolute atomic E-state index is 12.7. The van der Waals surface area contributed by atoms with Gasteiger partial charge in [0.25, 0.3) is 0 Å². The Balaban J connectivity index is 1.25. The average molecular weight is 395 g/mol. The number of benzene rings is 1. The molecule has 1 unspecified atom stereocenters. The Morgan fingerprint density at radius 2 is 2.00 bits per heavy atom. The highest BCUT2D eigenvalue weighted by Gasteiger charge is 2.27. The van der Waals surface area contributed by atoms with E-state index in [9.17, 15) is 4.79 Å². The number of amides is 1. The molecule has 28 heavy (non-hydrogen) atoms. The van der Waals surface area contributed by atoms with Crippen molar-refractivity contribution in [3.8, 4) is 0 Å². The fraction of sp³-hybridized carbons (Fsp3) is 0.409. The lowest BCUT2D eigenvalue weighted by atomic mass is 9.95. The topological polar surface area (TPSA) is 58.1 Å². The molecule has 1 N–H and O–H groups in total. The number of aromatic nitrogens is 2. The molecule has 1 fully saturated rings. The lowest BCUT2D eigenvalue weighted by molar-refractivity contribution is -0.126. The zero-order valence-corrected chi connectivity index (χ0v) is 17.0. The fourth-order valence-electron chi connectivity index (χ4n) is 3.69. The largest absolute Gasteiger partial charge is 0.353 e. The van der Waals surface area contributed by atoms with Crippen LogP contribution < -0.4 is 10.2 Å². The van der Waals surface area contributed by atoms with Crippen molar-refractivity contribution in [2.45, 2.75) is 38.6 Å². The third-order valence-electron chi connectivity index (χ3n) is 5.39. The number of aryl methyl sites for hydroxylation is 1. The van der Waals surface area contributed by atoms with Crippen molar-refractivity contribution in [3.63, 3.8) is 0 Å². The summed E-state index contributed by atoms with van der Waals surface area (Å²) in [6, 6.07) is 14.6. The molecule has 0 radical (unpaired) electrons. The first kappa shape index (κ1) is 18.9. The van der Waals surface area contributed by atoms with E-state index in [-0.39, 0.29) is 17.9 Å². The molecule has 5 nitrogen and oxygen atoms in total. The van der Waals surface area contributed by atoms with Gasteiger partial charge in [0.2, 0.25) is 5.91 Å². The number of nitrogens with one attached hydrogen (secondary N) is 1. The van der Waals surface area contributed by atoms with Gasteiger partial charge < -0.3 is 10.2 Å². The SMILES string of the molecule is CC(CCc1ccccc1)NC(=O)C1CCN(c2nc3cccnc3s2)CC1. The van der Waals surface area contributed by atoms with Gasteiger partial charge in [-0.25, -0.2) is 9.97 Å². The zero-order chi connectivity index (χ0) is 19.3. The normalized spacial score (nSPS) is 16.2. The molecule has 4 rings (SSSR count). The predicted octanol–water partition coefficient (Wildman–Crippen LogP) is 4.05. The van der Waals surface area contributed by atoms with E-state index in [1.54, 1.807) is 17.5 Å². The van der Waals surface area contributed by atoms with Gasteiger partial charge in [-0.15, -0.1) is 0 Å². The van der Waals surface area contributed by atoms with Crippen LogP contribution in [-0.4, -0.2) is 35.0 Å². The molecule has 1 aromatic carbocycles. The number of hydrogen-bond donors (Lipinski definition) is 1. The third kappa shape index (κ3) is 4.50. The van der Waals surface area contributed by atoms with Crippen LogP contribution in [0.5, 0.6) is 0 Å². The minimum absolute atomic E-state index is 0.0999. The van der Waals surface area contributed by atoms with Gasteiger partial charge in [-0.1, -0.05) is 41.7 Å². The summed E-state index contributed by atoms with van der Waals surface area (Å²) in [6.07, 6.45) is 5.51. The van der Waals surface area contributed by atoms with Crippen molar-refractivity contribution in [2.75, 3.05) is 18.0 Å². The van der Waals surface area contributed by atoms with Crippen LogP contribution in [0.4, 0.5) is 5.13 Å². The summed E-state index contributed by atoms with van der Waals surface area (Å²) in [5, 5.41) is 4.23. The summed E-state index contributed by atoms with van der Waals surface area (Å²) in [5.41, 5.74) is 2.27. The van der Waals surface area contributed by atoms with Crippen LogP contribution >= 0.6 is 11.3 Å². The molecule has 146 valence electrons. The second kappa shape index (κ2) is 8.69. The number of rotatable bonds is 6. The fourth-order valence-corrected chi connectivity index (χ4v) is 4.65. The van der Waals surface area contributed by atoms with Gasteiger partial charge in [-0.05, 0) is 50.3 Å². The lowest BCUT2D eigenvalue weighted by Crippen LogP contribution is -2.43. The highest BCUT2D eigenvalue weighted by atomic mass is 32.1. The van der Waals surface area contributed by atoms with Crippen LogP contribution in [0, 0.1) is 5.92 Å². The van der Waals surface area contributed by atoms with E-state index in [2.05, 4.69) is 51.4 Å². The van der Waals surface area contributed by atoms with E-state index in [0.29, 0.717) is 0 Å². The minimum Gasteiger partial charge on any atom is -0.353 e. The van der Waals surface area contributed by atoms with Crippen molar-refractivity contribution in [2.24, 2.45) is 5.92 Å². The number of carbonyl (C=O) groups excluding carboxylic acids is 1. The third-order valence-corrected chi connectivity index (χ3v) is 6.43. The lowest BCUT2D eigenvalue weighted by Gasteiger charge is -2.31. The predicted molar refractivity (Wildman–Crippen MR) is 115 cm³/mol. The Morgan fingerprint density at radius 3 is 2.75 bits per heavy atom. The standard InChI is InChI=1S/C22H26N4OS/c1-16(9-10-17-6-3-2-4-7-17)24-20(27)18-11-14-26(15-12-18)22-25-19-8-5-13-23-21(19)28-22/h2-8,13,16,18H,9-12,14-15H2,1H3,(H,24,27).